The number of hydrogen-bond acceptors (Lipinski definition) is 2. The normalized spacial score (nSPS) is 10.7. The molecule has 110 valence electrons. The molecule has 1 aromatic heterocycles. The second-order valence-corrected chi connectivity index (χ2v) is 6.00. The van der Waals surface area contributed by atoms with Crippen molar-refractivity contribution in [3.05, 3.63) is 69.8 Å². The first-order valence-electron chi connectivity index (χ1n) is 6.92. The van der Waals surface area contributed by atoms with Crippen LogP contribution in [0.3, 0.4) is 0 Å². The Hall–Kier alpha value is -1.90. The largest absolute Gasteiger partial charge is 0.233 e. The standard InChI is InChI=1S/C18H14Cl2N2/c1-11-12(2)21-18(14-6-4-8-16(20)10-14)22-17(11)13-5-3-7-15(19)9-13/h3-10H,1-2H3. The zero-order valence-electron chi connectivity index (χ0n) is 12.3. The number of rotatable bonds is 2. The van der Waals surface area contributed by atoms with Gasteiger partial charge in [-0.3, -0.25) is 0 Å². The van der Waals surface area contributed by atoms with Crippen molar-refractivity contribution in [1.82, 2.24) is 9.97 Å². The van der Waals surface area contributed by atoms with Gasteiger partial charge in [-0.15, -0.1) is 0 Å². The van der Waals surface area contributed by atoms with Crippen molar-refractivity contribution in [3.63, 3.8) is 0 Å². The summed E-state index contributed by atoms with van der Waals surface area (Å²) in [6.07, 6.45) is 0. The summed E-state index contributed by atoms with van der Waals surface area (Å²) >= 11 is 12.2. The molecule has 0 bridgehead atoms. The molecule has 0 unspecified atom stereocenters. The highest BCUT2D eigenvalue weighted by Gasteiger charge is 2.12. The molecule has 2 nitrogen and oxygen atoms in total. The number of aromatic nitrogens is 2. The topological polar surface area (TPSA) is 25.8 Å². The summed E-state index contributed by atoms with van der Waals surface area (Å²) in [4.78, 5) is 9.32. The Morgan fingerprint density at radius 2 is 1.36 bits per heavy atom. The van der Waals surface area contributed by atoms with Crippen LogP contribution in [0.4, 0.5) is 0 Å². The lowest BCUT2D eigenvalue weighted by molar-refractivity contribution is 1.08. The van der Waals surface area contributed by atoms with Crippen LogP contribution in [0.5, 0.6) is 0 Å². The van der Waals surface area contributed by atoms with Crippen molar-refractivity contribution >= 4 is 23.2 Å². The fourth-order valence-electron chi connectivity index (χ4n) is 2.30. The van der Waals surface area contributed by atoms with Gasteiger partial charge in [0.15, 0.2) is 5.82 Å². The van der Waals surface area contributed by atoms with E-state index in [0.717, 1.165) is 28.1 Å². The summed E-state index contributed by atoms with van der Waals surface area (Å²) in [7, 11) is 0. The summed E-state index contributed by atoms with van der Waals surface area (Å²) in [5.74, 6) is 0.667. The molecule has 4 heteroatoms. The van der Waals surface area contributed by atoms with Crippen LogP contribution in [0, 0.1) is 13.8 Å². The minimum absolute atomic E-state index is 0.667. The minimum atomic E-state index is 0.667. The van der Waals surface area contributed by atoms with Crippen LogP contribution in [-0.2, 0) is 0 Å². The van der Waals surface area contributed by atoms with Crippen molar-refractivity contribution in [2.24, 2.45) is 0 Å². The third-order valence-electron chi connectivity index (χ3n) is 3.57. The monoisotopic (exact) mass is 328 g/mol. The van der Waals surface area contributed by atoms with E-state index in [2.05, 4.69) is 4.98 Å². The second kappa shape index (κ2) is 6.07. The Balaban J connectivity index is 2.19. The van der Waals surface area contributed by atoms with Gasteiger partial charge < -0.3 is 0 Å². The summed E-state index contributed by atoms with van der Waals surface area (Å²) in [5.41, 5.74) is 4.77. The fraction of sp³-hybridized carbons (Fsp3) is 0.111. The maximum absolute atomic E-state index is 6.10. The Morgan fingerprint density at radius 3 is 2.00 bits per heavy atom. The van der Waals surface area contributed by atoms with E-state index in [-0.39, 0.29) is 0 Å². The Bertz CT molecular complexity index is 844. The van der Waals surface area contributed by atoms with Gasteiger partial charge in [-0.1, -0.05) is 47.5 Å². The van der Waals surface area contributed by atoms with Crippen LogP contribution in [0.1, 0.15) is 11.3 Å². The van der Waals surface area contributed by atoms with Crippen LogP contribution < -0.4 is 0 Å². The van der Waals surface area contributed by atoms with E-state index in [0.29, 0.717) is 15.9 Å². The first-order valence-corrected chi connectivity index (χ1v) is 7.67. The van der Waals surface area contributed by atoms with Crippen molar-refractivity contribution in [2.75, 3.05) is 0 Å². The smallest absolute Gasteiger partial charge is 0.160 e. The maximum Gasteiger partial charge on any atom is 0.160 e. The molecule has 0 radical (unpaired) electrons. The molecule has 0 aliphatic carbocycles. The van der Waals surface area contributed by atoms with Crippen LogP contribution in [-0.4, -0.2) is 9.97 Å². The SMILES string of the molecule is Cc1nc(-c2cccc(Cl)c2)nc(-c2cccc(Cl)c2)c1C. The molecule has 3 aromatic rings. The molecule has 0 N–H and O–H groups in total. The quantitative estimate of drug-likeness (QED) is 0.599. The highest BCUT2D eigenvalue weighted by molar-refractivity contribution is 6.31. The van der Waals surface area contributed by atoms with Crippen molar-refractivity contribution < 1.29 is 0 Å². The van der Waals surface area contributed by atoms with Crippen LogP contribution >= 0.6 is 23.2 Å². The molecule has 0 aliphatic heterocycles. The molecule has 22 heavy (non-hydrogen) atoms. The Morgan fingerprint density at radius 1 is 0.773 bits per heavy atom. The molecule has 0 atom stereocenters. The lowest BCUT2D eigenvalue weighted by atomic mass is 10.1. The highest BCUT2D eigenvalue weighted by Crippen LogP contribution is 2.28. The van der Waals surface area contributed by atoms with E-state index in [1.807, 2.05) is 62.4 Å². The predicted molar refractivity (Wildman–Crippen MR) is 92.4 cm³/mol. The summed E-state index contributed by atoms with van der Waals surface area (Å²) in [5, 5.41) is 1.36. The van der Waals surface area contributed by atoms with E-state index in [4.69, 9.17) is 28.2 Å². The molecule has 0 fully saturated rings. The Kier molecular flexibility index (Phi) is 4.14. The van der Waals surface area contributed by atoms with E-state index < -0.39 is 0 Å². The summed E-state index contributed by atoms with van der Waals surface area (Å²) < 4.78 is 0. The minimum Gasteiger partial charge on any atom is -0.233 e. The molecule has 1 heterocycles. The first-order chi connectivity index (χ1) is 10.5. The maximum atomic E-state index is 6.10. The van der Waals surface area contributed by atoms with Gasteiger partial charge in [-0.25, -0.2) is 9.97 Å². The van der Waals surface area contributed by atoms with Gasteiger partial charge in [-0.05, 0) is 43.7 Å². The average Bonchev–Trinajstić information content (AvgIpc) is 2.50. The Labute approximate surface area is 139 Å². The summed E-state index contributed by atoms with van der Waals surface area (Å²) in [6.45, 7) is 4.01. The van der Waals surface area contributed by atoms with Crippen LogP contribution in [0.15, 0.2) is 48.5 Å². The van der Waals surface area contributed by atoms with Crippen molar-refractivity contribution in [2.45, 2.75) is 13.8 Å². The second-order valence-electron chi connectivity index (χ2n) is 5.13. The van der Waals surface area contributed by atoms with E-state index in [1.165, 1.54) is 0 Å². The van der Waals surface area contributed by atoms with Gasteiger partial charge >= 0.3 is 0 Å². The third kappa shape index (κ3) is 2.99. The lowest BCUT2D eigenvalue weighted by Gasteiger charge is -2.11. The van der Waals surface area contributed by atoms with Gasteiger partial charge in [-0.2, -0.15) is 0 Å². The van der Waals surface area contributed by atoms with Gasteiger partial charge in [0.1, 0.15) is 0 Å². The number of hydrogen-bond donors (Lipinski definition) is 0. The molecule has 0 saturated carbocycles. The van der Waals surface area contributed by atoms with Crippen LogP contribution in [0.2, 0.25) is 10.0 Å². The van der Waals surface area contributed by atoms with Crippen molar-refractivity contribution in [1.29, 1.82) is 0 Å². The first kappa shape index (κ1) is 15.0. The number of nitrogens with zero attached hydrogens (tertiary/aromatic N) is 2. The predicted octanol–water partition coefficient (Wildman–Crippen LogP) is 5.73. The van der Waals surface area contributed by atoms with Crippen LogP contribution in [0.25, 0.3) is 22.6 Å². The van der Waals surface area contributed by atoms with E-state index >= 15 is 0 Å². The highest BCUT2D eigenvalue weighted by atomic mass is 35.5. The van der Waals surface area contributed by atoms with Gasteiger partial charge in [0.05, 0.1) is 5.69 Å². The molecule has 0 aliphatic rings. The number of halogens is 2. The lowest BCUT2D eigenvalue weighted by Crippen LogP contribution is -1.99. The average molecular weight is 329 g/mol. The zero-order chi connectivity index (χ0) is 15.7. The molecule has 3 rings (SSSR count). The molecular formula is C18H14Cl2N2. The van der Waals surface area contributed by atoms with E-state index in [1.54, 1.807) is 0 Å². The number of aryl methyl sites for hydroxylation is 1. The molecule has 2 aromatic carbocycles. The molecular weight excluding hydrogens is 315 g/mol. The van der Waals surface area contributed by atoms with Gasteiger partial charge in [0.25, 0.3) is 0 Å². The molecule has 0 saturated heterocycles. The van der Waals surface area contributed by atoms with E-state index in [9.17, 15) is 0 Å². The molecule has 0 amide bonds. The summed E-state index contributed by atoms with van der Waals surface area (Å²) in [6, 6.07) is 15.3. The van der Waals surface area contributed by atoms with Gasteiger partial charge in [0, 0.05) is 26.9 Å². The third-order valence-corrected chi connectivity index (χ3v) is 4.04. The number of benzene rings is 2. The molecule has 0 spiro atoms. The fourth-order valence-corrected chi connectivity index (χ4v) is 2.68. The zero-order valence-corrected chi connectivity index (χ0v) is 13.8. The van der Waals surface area contributed by atoms with Crippen molar-refractivity contribution in [3.8, 4) is 22.6 Å². The van der Waals surface area contributed by atoms with Gasteiger partial charge in [0.2, 0.25) is 0 Å².